The molecule has 0 saturated carbocycles. The van der Waals surface area contributed by atoms with Crippen molar-refractivity contribution >= 4 is 21.9 Å². The first-order chi connectivity index (χ1) is 11.4. The highest BCUT2D eigenvalue weighted by Gasteiger charge is 2.20. The maximum absolute atomic E-state index is 8.89. The number of aromatic nitrogens is 2. The van der Waals surface area contributed by atoms with Gasteiger partial charge in [-0.3, -0.25) is 0 Å². The van der Waals surface area contributed by atoms with Gasteiger partial charge < -0.3 is 15.0 Å². The largest absolute Gasteiger partial charge is 0.384 e. The highest BCUT2D eigenvalue weighted by molar-refractivity contribution is 6.07. The second-order valence-electron chi connectivity index (χ2n) is 5.94. The average Bonchev–Trinajstić information content (AvgIpc) is 2.94. The molecule has 1 fully saturated rings. The van der Waals surface area contributed by atoms with E-state index in [2.05, 4.69) is 44.9 Å². The first-order valence-corrected chi connectivity index (χ1v) is 8.07. The Labute approximate surface area is 135 Å². The lowest BCUT2D eigenvalue weighted by molar-refractivity contribution is 0.350. The number of aliphatic hydroxyl groups excluding tert-OH is 1. The van der Waals surface area contributed by atoms with E-state index in [0.29, 0.717) is 6.04 Å². The fraction of sp³-hybridized carbons (Fsp3) is 0.316. The average molecular weight is 305 g/mol. The Morgan fingerprint density at radius 3 is 3.09 bits per heavy atom. The lowest BCUT2D eigenvalue weighted by Crippen LogP contribution is -2.31. The van der Waals surface area contributed by atoms with E-state index >= 15 is 0 Å². The third-order valence-electron chi connectivity index (χ3n) is 4.51. The summed E-state index contributed by atoms with van der Waals surface area (Å²) >= 11 is 0. The van der Waals surface area contributed by atoms with Crippen LogP contribution in [0.1, 0.15) is 24.4 Å². The lowest BCUT2D eigenvalue weighted by atomic mass is 10.1. The summed E-state index contributed by atoms with van der Waals surface area (Å²) in [7, 11) is 0. The molecule has 4 nitrogen and oxygen atoms in total. The van der Waals surface area contributed by atoms with Crippen molar-refractivity contribution in [3.8, 4) is 11.8 Å². The second kappa shape index (κ2) is 6.04. The van der Waals surface area contributed by atoms with Crippen LogP contribution in [0, 0.1) is 11.8 Å². The Balaban J connectivity index is 1.96. The molecule has 1 unspecified atom stereocenters. The topological polar surface area (TPSA) is 50.1 Å². The molecule has 1 atom stereocenters. The number of rotatable bonds is 1. The molecule has 116 valence electrons. The Kier molecular flexibility index (Phi) is 3.74. The molecule has 1 aliphatic rings. The molecular weight excluding hydrogens is 286 g/mol. The smallest absolute Gasteiger partial charge is 0.141 e. The zero-order valence-electron chi connectivity index (χ0n) is 12.9. The van der Waals surface area contributed by atoms with Crippen molar-refractivity contribution in [2.24, 2.45) is 0 Å². The van der Waals surface area contributed by atoms with Gasteiger partial charge in [-0.15, -0.1) is 0 Å². The van der Waals surface area contributed by atoms with Crippen molar-refractivity contribution in [3.05, 3.63) is 42.1 Å². The van der Waals surface area contributed by atoms with Gasteiger partial charge >= 0.3 is 0 Å². The van der Waals surface area contributed by atoms with Gasteiger partial charge in [0.15, 0.2) is 0 Å². The van der Waals surface area contributed by atoms with Gasteiger partial charge in [0.05, 0.1) is 5.52 Å². The highest BCUT2D eigenvalue weighted by atomic mass is 16.2. The van der Waals surface area contributed by atoms with Gasteiger partial charge in [0.25, 0.3) is 0 Å². The fourth-order valence-corrected chi connectivity index (χ4v) is 3.52. The SMILES string of the molecule is OCC#Cc1ccc2c(c1)c1cccnc1n2C1CCCNC1. The van der Waals surface area contributed by atoms with Crippen molar-refractivity contribution in [1.29, 1.82) is 0 Å². The normalized spacial score (nSPS) is 18.0. The van der Waals surface area contributed by atoms with E-state index in [4.69, 9.17) is 5.11 Å². The molecule has 2 aromatic heterocycles. The van der Waals surface area contributed by atoms with E-state index in [0.717, 1.165) is 24.3 Å². The molecular formula is C19H19N3O. The molecule has 4 rings (SSSR count). The minimum Gasteiger partial charge on any atom is -0.384 e. The van der Waals surface area contributed by atoms with Crippen molar-refractivity contribution in [2.75, 3.05) is 19.7 Å². The number of nitrogens with one attached hydrogen (secondary N) is 1. The lowest BCUT2D eigenvalue weighted by Gasteiger charge is -2.25. The number of benzene rings is 1. The number of aliphatic hydroxyl groups is 1. The van der Waals surface area contributed by atoms with Crippen molar-refractivity contribution in [2.45, 2.75) is 18.9 Å². The Morgan fingerprint density at radius 1 is 1.30 bits per heavy atom. The third-order valence-corrected chi connectivity index (χ3v) is 4.51. The molecule has 23 heavy (non-hydrogen) atoms. The fourth-order valence-electron chi connectivity index (χ4n) is 3.52. The van der Waals surface area contributed by atoms with Crippen molar-refractivity contribution in [3.63, 3.8) is 0 Å². The number of hydrogen-bond acceptors (Lipinski definition) is 3. The first kappa shape index (κ1) is 14.3. The third kappa shape index (κ3) is 2.48. The van der Waals surface area contributed by atoms with Crippen LogP contribution < -0.4 is 5.32 Å². The van der Waals surface area contributed by atoms with Gasteiger partial charge in [0.1, 0.15) is 12.3 Å². The molecule has 0 radical (unpaired) electrons. The Morgan fingerprint density at radius 2 is 2.26 bits per heavy atom. The molecule has 0 amide bonds. The second-order valence-corrected chi connectivity index (χ2v) is 5.94. The number of nitrogens with zero attached hydrogens (tertiary/aromatic N) is 2. The minimum atomic E-state index is -0.116. The molecule has 0 spiro atoms. The molecule has 2 N–H and O–H groups in total. The predicted octanol–water partition coefficient (Wildman–Crippen LogP) is 2.46. The van der Waals surface area contributed by atoms with Crippen LogP contribution in [-0.4, -0.2) is 34.4 Å². The van der Waals surface area contributed by atoms with Gasteiger partial charge in [0, 0.05) is 35.1 Å². The molecule has 0 aliphatic carbocycles. The van der Waals surface area contributed by atoms with Crippen molar-refractivity contribution < 1.29 is 5.11 Å². The van der Waals surface area contributed by atoms with Gasteiger partial charge in [-0.2, -0.15) is 0 Å². The molecule has 1 aliphatic heterocycles. The van der Waals surface area contributed by atoms with E-state index in [1.807, 2.05) is 18.3 Å². The van der Waals surface area contributed by atoms with Crippen LogP contribution in [0.4, 0.5) is 0 Å². The summed E-state index contributed by atoms with van der Waals surface area (Å²) in [6, 6.07) is 10.8. The molecule has 0 bridgehead atoms. The van der Waals surface area contributed by atoms with Crippen LogP contribution in [-0.2, 0) is 0 Å². The van der Waals surface area contributed by atoms with Crippen LogP contribution in [0.25, 0.3) is 21.9 Å². The van der Waals surface area contributed by atoms with Gasteiger partial charge in [-0.05, 0) is 49.7 Å². The van der Waals surface area contributed by atoms with Gasteiger partial charge in [-0.25, -0.2) is 4.98 Å². The first-order valence-electron chi connectivity index (χ1n) is 8.07. The zero-order valence-corrected chi connectivity index (χ0v) is 12.9. The van der Waals surface area contributed by atoms with E-state index < -0.39 is 0 Å². The van der Waals surface area contributed by atoms with E-state index in [9.17, 15) is 0 Å². The zero-order chi connectivity index (χ0) is 15.6. The van der Waals surface area contributed by atoms with E-state index in [1.54, 1.807) is 0 Å². The van der Waals surface area contributed by atoms with Gasteiger partial charge in [-0.1, -0.05) is 11.8 Å². The maximum atomic E-state index is 8.89. The van der Waals surface area contributed by atoms with Crippen LogP contribution in [0.15, 0.2) is 36.5 Å². The summed E-state index contributed by atoms with van der Waals surface area (Å²) < 4.78 is 2.38. The Hall–Kier alpha value is -2.35. The van der Waals surface area contributed by atoms with Crippen LogP contribution in [0.2, 0.25) is 0 Å². The number of piperidine rings is 1. The van der Waals surface area contributed by atoms with E-state index in [1.165, 1.54) is 29.1 Å². The molecule has 1 aromatic carbocycles. The molecule has 3 heterocycles. The molecule has 4 heteroatoms. The molecule has 3 aromatic rings. The summed E-state index contributed by atoms with van der Waals surface area (Å²) in [5.74, 6) is 5.72. The summed E-state index contributed by atoms with van der Waals surface area (Å²) in [6.45, 7) is 1.97. The monoisotopic (exact) mass is 305 g/mol. The summed E-state index contributed by atoms with van der Waals surface area (Å²) in [5, 5.41) is 14.7. The Bertz CT molecular complexity index is 911. The summed E-state index contributed by atoms with van der Waals surface area (Å²) in [5.41, 5.74) is 3.18. The van der Waals surface area contributed by atoms with Crippen LogP contribution >= 0.6 is 0 Å². The standard InChI is InChI=1S/C19H19N3O/c23-11-3-4-14-7-8-18-17(12-14)16-6-2-10-21-19(16)22(18)15-5-1-9-20-13-15/h2,6-8,10,12,15,20,23H,1,5,9,11,13H2. The summed E-state index contributed by atoms with van der Waals surface area (Å²) in [4.78, 5) is 4.64. The van der Waals surface area contributed by atoms with E-state index in [-0.39, 0.29) is 6.61 Å². The quantitative estimate of drug-likeness (QED) is 0.679. The highest BCUT2D eigenvalue weighted by Crippen LogP contribution is 2.33. The van der Waals surface area contributed by atoms with Crippen molar-refractivity contribution in [1.82, 2.24) is 14.9 Å². The maximum Gasteiger partial charge on any atom is 0.141 e. The summed E-state index contributed by atoms with van der Waals surface area (Å²) in [6.07, 6.45) is 4.23. The number of fused-ring (bicyclic) bond motifs is 3. The molecule has 1 saturated heterocycles. The van der Waals surface area contributed by atoms with Gasteiger partial charge in [0.2, 0.25) is 0 Å². The number of pyridine rings is 1. The minimum absolute atomic E-state index is 0.116. The van der Waals surface area contributed by atoms with Crippen LogP contribution in [0.3, 0.4) is 0 Å². The van der Waals surface area contributed by atoms with Crippen LogP contribution in [0.5, 0.6) is 0 Å². The predicted molar refractivity (Wildman–Crippen MR) is 92.3 cm³/mol. The number of hydrogen-bond donors (Lipinski definition) is 2.